The lowest BCUT2D eigenvalue weighted by Crippen LogP contribution is -2.51. The zero-order valence-electron chi connectivity index (χ0n) is 12.5. The number of imidazole rings is 1. The topological polar surface area (TPSA) is 42.3 Å². The lowest BCUT2D eigenvalue weighted by atomic mass is 10.2. The van der Waals surface area contributed by atoms with Crippen LogP contribution in [0, 0.1) is 0 Å². The van der Waals surface area contributed by atoms with Crippen LogP contribution in [0.5, 0.6) is 0 Å². The molecule has 0 bridgehead atoms. The van der Waals surface area contributed by atoms with Crippen LogP contribution in [-0.4, -0.2) is 47.9 Å². The standard InChI is InChI=1S/C16H22N4O/c1-19-15-5-3-2-4-14(15)18-16(19)20-8-9-21-11-13(20)10-17-12-6-7-12/h2-5,12-13,17H,6-11H2,1H3. The molecule has 1 saturated heterocycles. The molecule has 0 spiro atoms. The van der Waals surface area contributed by atoms with Crippen LogP contribution < -0.4 is 10.2 Å². The van der Waals surface area contributed by atoms with Gasteiger partial charge in [-0.15, -0.1) is 0 Å². The highest BCUT2D eigenvalue weighted by molar-refractivity contribution is 5.78. The molecule has 2 heterocycles. The minimum Gasteiger partial charge on any atom is -0.377 e. The zero-order valence-corrected chi connectivity index (χ0v) is 12.5. The lowest BCUT2D eigenvalue weighted by Gasteiger charge is -2.36. The van der Waals surface area contributed by atoms with E-state index in [9.17, 15) is 0 Å². The Morgan fingerprint density at radius 1 is 1.33 bits per heavy atom. The van der Waals surface area contributed by atoms with E-state index in [1.165, 1.54) is 18.4 Å². The van der Waals surface area contributed by atoms with E-state index in [0.29, 0.717) is 6.04 Å². The number of hydrogen-bond acceptors (Lipinski definition) is 4. The van der Waals surface area contributed by atoms with Crippen LogP contribution in [0.3, 0.4) is 0 Å². The minimum atomic E-state index is 0.370. The number of aromatic nitrogens is 2. The smallest absolute Gasteiger partial charge is 0.206 e. The lowest BCUT2D eigenvalue weighted by molar-refractivity contribution is 0.0925. The highest BCUT2D eigenvalue weighted by Gasteiger charge is 2.29. The summed E-state index contributed by atoms with van der Waals surface area (Å²) in [5, 5.41) is 3.62. The SMILES string of the molecule is Cn1c(N2CCOCC2CNC2CC2)nc2ccccc21. The van der Waals surface area contributed by atoms with Crippen LogP contribution in [0.25, 0.3) is 11.0 Å². The van der Waals surface area contributed by atoms with Crippen molar-refractivity contribution in [2.75, 3.05) is 31.2 Å². The molecule has 5 heteroatoms. The second kappa shape index (κ2) is 5.31. The number of benzene rings is 1. The average molecular weight is 286 g/mol. The molecule has 2 fully saturated rings. The molecule has 1 aromatic carbocycles. The Kier molecular flexibility index (Phi) is 3.31. The molecule has 2 aromatic rings. The maximum atomic E-state index is 5.68. The Morgan fingerprint density at radius 2 is 2.19 bits per heavy atom. The van der Waals surface area contributed by atoms with Gasteiger partial charge in [0.15, 0.2) is 0 Å². The van der Waals surface area contributed by atoms with Gasteiger partial charge in [-0.25, -0.2) is 4.98 Å². The number of fused-ring (bicyclic) bond motifs is 1. The van der Waals surface area contributed by atoms with E-state index in [0.717, 1.165) is 43.8 Å². The normalized spacial score (nSPS) is 22.9. The predicted molar refractivity (Wildman–Crippen MR) is 83.7 cm³/mol. The summed E-state index contributed by atoms with van der Waals surface area (Å²) in [6, 6.07) is 9.42. The van der Waals surface area contributed by atoms with Crippen LogP contribution in [0.15, 0.2) is 24.3 Å². The van der Waals surface area contributed by atoms with Crippen LogP contribution in [0.4, 0.5) is 5.95 Å². The van der Waals surface area contributed by atoms with Gasteiger partial charge in [-0.1, -0.05) is 12.1 Å². The Balaban J connectivity index is 1.62. The molecular weight excluding hydrogens is 264 g/mol. The highest BCUT2D eigenvalue weighted by Crippen LogP contribution is 2.24. The molecule has 1 unspecified atom stereocenters. The van der Waals surface area contributed by atoms with Crippen molar-refractivity contribution in [1.82, 2.24) is 14.9 Å². The number of ether oxygens (including phenoxy) is 1. The second-order valence-corrected chi connectivity index (χ2v) is 6.06. The van der Waals surface area contributed by atoms with Crippen LogP contribution >= 0.6 is 0 Å². The number of nitrogens with zero attached hydrogens (tertiary/aromatic N) is 3. The number of para-hydroxylation sites is 2. The third kappa shape index (κ3) is 2.51. The van der Waals surface area contributed by atoms with E-state index in [-0.39, 0.29) is 0 Å². The molecule has 1 N–H and O–H groups in total. The minimum absolute atomic E-state index is 0.370. The zero-order chi connectivity index (χ0) is 14.2. The molecule has 4 rings (SSSR count). The first-order valence-corrected chi connectivity index (χ1v) is 7.82. The largest absolute Gasteiger partial charge is 0.377 e. The number of nitrogens with one attached hydrogen (secondary N) is 1. The number of anilines is 1. The van der Waals surface area contributed by atoms with Crippen molar-refractivity contribution in [3.63, 3.8) is 0 Å². The third-order valence-electron chi connectivity index (χ3n) is 4.47. The number of aryl methyl sites for hydroxylation is 1. The predicted octanol–water partition coefficient (Wildman–Crippen LogP) is 1.53. The summed E-state index contributed by atoms with van der Waals surface area (Å²) in [4.78, 5) is 7.24. The van der Waals surface area contributed by atoms with Gasteiger partial charge in [0.25, 0.3) is 0 Å². The Bertz CT molecular complexity index is 634. The van der Waals surface area contributed by atoms with Gasteiger partial charge in [0, 0.05) is 26.2 Å². The van der Waals surface area contributed by atoms with Crippen molar-refractivity contribution in [3.8, 4) is 0 Å². The van der Waals surface area contributed by atoms with Gasteiger partial charge in [0.1, 0.15) is 0 Å². The van der Waals surface area contributed by atoms with Crippen LogP contribution in [-0.2, 0) is 11.8 Å². The first kappa shape index (κ1) is 13.1. The quantitative estimate of drug-likeness (QED) is 0.925. The van der Waals surface area contributed by atoms with E-state index in [2.05, 4.69) is 40.0 Å². The molecule has 21 heavy (non-hydrogen) atoms. The van der Waals surface area contributed by atoms with E-state index in [4.69, 9.17) is 9.72 Å². The molecule has 1 aliphatic heterocycles. The van der Waals surface area contributed by atoms with E-state index >= 15 is 0 Å². The molecule has 1 aliphatic carbocycles. The van der Waals surface area contributed by atoms with E-state index < -0.39 is 0 Å². The Morgan fingerprint density at radius 3 is 3.00 bits per heavy atom. The van der Waals surface area contributed by atoms with E-state index in [1.807, 2.05) is 6.07 Å². The summed E-state index contributed by atoms with van der Waals surface area (Å²) in [5.41, 5.74) is 2.25. The summed E-state index contributed by atoms with van der Waals surface area (Å²) in [5.74, 6) is 1.06. The molecule has 0 radical (unpaired) electrons. The van der Waals surface area contributed by atoms with Crippen molar-refractivity contribution in [2.24, 2.45) is 7.05 Å². The van der Waals surface area contributed by atoms with Crippen molar-refractivity contribution >= 4 is 17.0 Å². The average Bonchev–Trinajstić information content (AvgIpc) is 3.30. The van der Waals surface area contributed by atoms with Gasteiger partial charge in [-0.05, 0) is 25.0 Å². The summed E-state index contributed by atoms with van der Waals surface area (Å²) >= 11 is 0. The summed E-state index contributed by atoms with van der Waals surface area (Å²) < 4.78 is 7.88. The second-order valence-electron chi connectivity index (χ2n) is 6.06. The fraction of sp³-hybridized carbons (Fsp3) is 0.562. The molecule has 0 amide bonds. The van der Waals surface area contributed by atoms with Gasteiger partial charge in [-0.3, -0.25) is 0 Å². The molecule has 1 saturated carbocycles. The first-order chi connectivity index (χ1) is 10.3. The maximum Gasteiger partial charge on any atom is 0.206 e. The van der Waals surface area contributed by atoms with Crippen molar-refractivity contribution < 1.29 is 4.74 Å². The Labute approximate surface area is 124 Å². The van der Waals surface area contributed by atoms with Gasteiger partial charge < -0.3 is 19.5 Å². The summed E-state index contributed by atoms with van der Waals surface area (Å²) in [7, 11) is 2.10. The molecule has 112 valence electrons. The third-order valence-corrected chi connectivity index (χ3v) is 4.47. The molecule has 1 atom stereocenters. The van der Waals surface area contributed by atoms with Crippen molar-refractivity contribution in [1.29, 1.82) is 0 Å². The molecule has 2 aliphatic rings. The summed E-state index contributed by atoms with van der Waals surface area (Å²) in [6.07, 6.45) is 2.64. The molecule has 1 aromatic heterocycles. The van der Waals surface area contributed by atoms with Gasteiger partial charge in [0.2, 0.25) is 5.95 Å². The van der Waals surface area contributed by atoms with Gasteiger partial charge in [0.05, 0.1) is 30.3 Å². The van der Waals surface area contributed by atoms with E-state index in [1.54, 1.807) is 0 Å². The maximum absolute atomic E-state index is 5.68. The number of morpholine rings is 1. The number of hydrogen-bond donors (Lipinski definition) is 1. The molecule has 5 nitrogen and oxygen atoms in total. The number of rotatable bonds is 4. The summed E-state index contributed by atoms with van der Waals surface area (Å²) in [6.45, 7) is 3.45. The highest BCUT2D eigenvalue weighted by atomic mass is 16.5. The Hall–Kier alpha value is -1.59. The van der Waals surface area contributed by atoms with Gasteiger partial charge >= 0.3 is 0 Å². The van der Waals surface area contributed by atoms with Gasteiger partial charge in [-0.2, -0.15) is 0 Å². The molecular formula is C16H22N4O. The first-order valence-electron chi connectivity index (χ1n) is 7.82. The van der Waals surface area contributed by atoms with Crippen LogP contribution in [0.2, 0.25) is 0 Å². The van der Waals surface area contributed by atoms with Crippen LogP contribution in [0.1, 0.15) is 12.8 Å². The van der Waals surface area contributed by atoms with Crippen molar-refractivity contribution in [3.05, 3.63) is 24.3 Å². The monoisotopic (exact) mass is 286 g/mol. The van der Waals surface area contributed by atoms with Crippen molar-refractivity contribution in [2.45, 2.75) is 24.9 Å². The fourth-order valence-corrected chi connectivity index (χ4v) is 3.07. The fourth-order valence-electron chi connectivity index (χ4n) is 3.07.